The fourth-order valence-corrected chi connectivity index (χ4v) is 6.09. The maximum atomic E-state index is 12.8. The number of hydrogen-bond donors (Lipinski definition) is 0. The van der Waals surface area contributed by atoms with E-state index in [9.17, 15) is 14.4 Å². The summed E-state index contributed by atoms with van der Waals surface area (Å²) in [6, 6.07) is 0. The number of imide groups is 1. The number of hydrogen-bond acceptors (Lipinski definition) is 5. The third-order valence-electron chi connectivity index (χ3n) is 7.65. The second kappa shape index (κ2) is 5.87. The van der Waals surface area contributed by atoms with Gasteiger partial charge in [0.2, 0.25) is 17.7 Å². The second-order valence-electron chi connectivity index (χ2n) is 9.18. The van der Waals surface area contributed by atoms with E-state index in [4.69, 9.17) is 0 Å². The number of fused-ring (bicyclic) bond motifs is 6. The van der Waals surface area contributed by atoms with Crippen molar-refractivity contribution in [1.29, 1.82) is 0 Å². The van der Waals surface area contributed by atoms with Crippen molar-refractivity contribution >= 4 is 17.7 Å². The van der Waals surface area contributed by atoms with E-state index in [1.54, 1.807) is 4.90 Å². The minimum Gasteiger partial charge on any atom is -0.333 e. The summed E-state index contributed by atoms with van der Waals surface area (Å²) < 4.78 is 2.16. The molecule has 3 amide bonds. The van der Waals surface area contributed by atoms with Crippen LogP contribution in [0.4, 0.5) is 0 Å². The number of amides is 3. The quantitative estimate of drug-likeness (QED) is 0.722. The van der Waals surface area contributed by atoms with Crippen molar-refractivity contribution < 1.29 is 14.4 Å². The van der Waals surface area contributed by atoms with Gasteiger partial charge in [-0.05, 0) is 43.9 Å². The van der Waals surface area contributed by atoms with Crippen LogP contribution in [-0.4, -0.2) is 55.4 Å². The van der Waals surface area contributed by atoms with Crippen molar-refractivity contribution in [1.82, 2.24) is 24.6 Å². The zero-order valence-corrected chi connectivity index (χ0v) is 15.9. The molecule has 0 N–H and O–H groups in total. The summed E-state index contributed by atoms with van der Waals surface area (Å²) in [6.07, 6.45) is 5.77. The van der Waals surface area contributed by atoms with E-state index in [-0.39, 0.29) is 42.5 Å². The predicted octanol–water partition coefficient (Wildman–Crippen LogP) is 0.919. The van der Waals surface area contributed by atoms with E-state index in [1.807, 2.05) is 0 Å². The first-order chi connectivity index (χ1) is 13.6. The average Bonchev–Trinajstić information content (AvgIpc) is 3.05. The molecule has 2 bridgehead atoms. The fourth-order valence-electron chi connectivity index (χ4n) is 6.09. The van der Waals surface area contributed by atoms with Gasteiger partial charge in [0, 0.05) is 32.0 Å². The Morgan fingerprint density at radius 3 is 2.36 bits per heavy atom. The van der Waals surface area contributed by atoms with Gasteiger partial charge < -0.3 is 9.47 Å². The average molecular weight is 383 g/mol. The lowest BCUT2D eigenvalue weighted by Gasteiger charge is -2.28. The molecule has 148 valence electrons. The molecular weight excluding hydrogens is 358 g/mol. The minimum absolute atomic E-state index is 0.0112. The number of rotatable bonds is 4. The van der Waals surface area contributed by atoms with Crippen molar-refractivity contribution in [2.75, 3.05) is 13.1 Å². The minimum atomic E-state index is -0.101. The summed E-state index contributed by atoms with van der Waals surface area (Å²) in [6.45, 7) is 2.06. The predicted molar refractivity (Wildman–Crippen MR) is 96.6 cm³/mol. The smallest absolute Gasteiger partial charge is 0.233 e. The van der Waals surface area contributed by atoms with Crippen LogP contribution in [0.1, 0.15) is 56.1 Å². The van der Waals surface area contributed by atoms with Crippen molar-refractivity contribution in [2.45, 2.75) is 57.5 Å². The van der Waals surface area contributed by atoms with Crippen LogP contribution in [0.5, 0.6) is 0 Å². The molecule has 6 rings (SSSR count). The first-order valence-corrected chi connectivity index (χ1v) is 10.7. The highest BCUT2D eigenvalue weighted by atomic mass is 16.2. The van der Waals surface area contributed by atoms with Crippen LogP contribution >= 0.6 is 0 Å². The highest BCUT2D eigenvalue weighted by molar-refractivity contribution is 6.06. The van der Waals surface area contributed by atoms with Crippen LogP contribution < -0.4 is 0 Å². The highest BCUT2D eigenvalue weighted by Gasteiger charge is 2.60. The molecular formula is C20H25N5O3. The molecule has 8 heteroatoms. The summed E-state index contributed by atoms with van der Waals surface area (Å²) in [5.74, 6) is 2.98. The molecule has 3 heterocycles. The summed E-state index contributed by atoms with van der Waals surface area (Å²) in [5, 5.41) is 8.59. The normalized spacial score (nSPS) is 33.6. The van der Waals surface area contributed by atoms with Crippen LogP contribution in [0, 0.1) is 23.7 Å². The maximum absolute atomic E-state index is 12.8. The summed E-state index contributed by atoms with van der Waals surface area (Å²) in [7, 11) is 0. The van der Waals surface area contributed by atoms with Gasteiger partial charge in [-0.1, -0.05) is 0 Å². The lowest BCUT2D eigenvalue weighted by Crippen LogP contribution is -2.41. The molecule has 3 aliphatic carbocycles. The third-order valence-corrected chi connectivity index (χ3v) is 7.65. The SMILES string of the molecule is O=C(CCN1C(=O)[C@@H]2[C@@H]3CC[C@@H](C3)[C@@H]2C1=O)N1CCn2c(nnc2C2CC2)C1. The van der Waals surface area contributed by atoms with E-state index in [0.29, 0.717) is 30.8 Å². The molecule has 0 aromatic carbocycles. The Balaban J connectivity index is 1.10. The molecule has 0 radical (unpaired) electrons. The Kier molecular flexibility index (Phi) is 3.50. The van der Waals surface area contributed by atoms with Gasteiger partial charge in [0.1, 0.15) is 5.82 Å². The molecule has 3 saturated carbocycles. The monoisotopic (exact) mass is 383 g/mol. The summed E-state index contributed by atoms with van der Waals surface area (Å²) in [5.41, 5.74) is 0. The highest BCUT2D eigenvalue weighted by Crippen LogP contribution is 2.56. The molecule has 1 aromatic rings. The van der Waals surface area contributed by atoms with Crippen molar-refractivity contribution in [3.05, 3.63) is 11.6 Å². The zero-order valence-electron chi connectivity index (χ0n) is 15.9. The third kappa shape index (κ3) is 2.32. The van der Waals surface area contributed by atoms with Crippen molar-refractivity contribution in [3.63, 3.8) is 0 Å². The standard InChI is InChI=1S/C20H25N5O3/c26-15(23-7-8-24-14(10-23)21-22-18(24)11-1-2-11)5-6-25-19(27)16-12-3-4-13(9-12)17(16)20(25)28/h11-13,16-17H,1-10H2/t12-,13+,16-,17+. The summed E-state index contributed by atoms with van der Waals surface area (Å²) >= 11 is 0. The van der Waals surface area contributed by atoms with Gasteiger partial charge in [-0.15, -0.1) is 10.2 Å². The molecule has 2 aliphatic heterocycles. The molecule has 1 aromatic heterocycles. The van der Waals surface area contributed by atoms with Gasteiger partial charge >= 0.3 is 0 Å². The van der Waals surface area contributed by atoms with E-state index in [2.05, 4.69) is 14.8 Å². The topological polar surface area (TPSA) is 88.4 Å². The van der Waals surface area contributed by atoms with Crippen LogP contribution in [0.25, 0.3) is 0 Å². The molecule has 8 nitrogen and oxygen atoms in total. The number of carbonyl (C=O) groups excluding carboxylic acids is 3. The van der Waals surface area contributed by atoms with E-state index in [0.717, 1.165) is 37.5 Å². The Labute approximate surface area is 163 Å². The van der Waals surface area contributed by atoms with Crippen LogP contribution in [0.2, 0.25) is 0 Å². The van der Waals surface area contributed by atoms with E-state index in [1.165, 1.54) is 17.7 Å². The fraction of sp³-hybridized carbons (Fsp3) is 0.750. The van der Waals surface area contributed by atoms with Crippen molar-refractivity contribution in [2.24, 2.45) is 23.7 Å². The van der Waals surface area contributed by atoms with Gasteiger partial charge in [-0.2, -0.15) is 0 Å². The van der Waals surface area contributed by atoms with Crippen LogP contribution in [0.3, 0.4) is 0 Å². The maximum Gasteiger partial charge on any atom is 0.233 e. The number of likely N-dealkylation sites (tertiary alicyclic amines) is 1. The number of aromatic nitrogens is 3. The van der Waals surface area contributed by atoms with Crippen LogP contribution in [0.15, 0.2) is 0 Å². The van der Waals surface area contributed by atoms with Gasteiger partial charge in [0.25, 0.3) is 0 Å². The molecule has 4 atom stereocenters. The second-order valence-corrected chi connectivity index (χ2v) is 9.18. The van der Waals surface area contributed by atoms with E-state index >= 15 is 0 Å². The Hall–Kier alpha value is -2.25. The first-order valence-electron chi connectivity index (χ1n) is 10.7. The van der Waals surface area contributed by atoms with Crippen LogP contribution in [-0.2, 0) is 27.5 Å². The van der Waals surface area contributed by atoms with Gasteiger partial charge in [0.05, 0.1) is 18.4 Å². The summed E-state index contributed by atoms with van der Waals surface area (Å²) in [4.78, 5) is 41.5. The lowest BCUT2D eigenvalue weighted by atomic mass is 9.81. The van der Waals surface area contributed by atoms with Gasteiger partial charge in [0.15, 0.2) is 5.82 Å². The molecule has 0 spiro atoms. The van der Waals surface area contributed by atoms with Gasteiger partial charge in [-0.25, -0.2) is 0 Å². The zero-order chi connectivity index (χ0) is 19.0. The molecule has 5 aliphatic rings. The molecule has 1 saturated heterocycles. The molecule has 0 unspecified atom stereocenters. The lowest BCUT2D eigenvalue weighted by molar-refractivity contribution is -0.141. The Bertz CT molecular complexity index is 847. The molecule has 28 heavy (non-hydrogen) atoms. The first kappa shape index (κ1) is 16.7. The van der Waals surface area contributed by atoms with E-state index < -0.39 is 0 Å². The Morgan fingerprint density at radius 2 is 1.68 bits per heavy atom. The Morgan fingerprint density at radius 1 is 0.964 bits per heavy atom. The number of nitrogens with zero attached hydrogens (tertiary/aromatic N) is 5. The van der Waals surface area contributed by atoms with Gasteiger partial charge in [-0.3, -0.25) is 19.3 Å². The number of carbonyl (C=O) groups is 3. The molecule has 4 fully saturated rings. The largest absolute Gasteiger partial charge is 0.333 e. The van der Waals surface area contributed by atoms with Crippen molar-refractivity contribution in [3.8, 4) is 0 Å².